The summed E-state index contributed by atoms with van der Waals surface area (Å²) >= 11 is 0. The zero-order valence-electron chi connectivity index (χ0n) is 17.6. The topological polar surface area (TPSA) is 47.1 Å². The molecule has 0 unspecified atom stereocenters. The van der Waals surface area contributed by atoms with Crippen LogP contribution in [0.2, 0.25) is 0 Å². The van der Waals surface area contributed by atoms with E-state index < -0.39 is 0 Å². The van der Waals surface area contributed by atoms with Gasteiger partial charge in [0, 0.05) is 5.56 Å². The van der Waals surface area contributed by atoms with E-state index in [4.69, 9.17) is 14.5 Å². The van der Waals surface area contributed by atoms with Crippen molar-refractivity contribution in [3.63, 3.8) is 0 Å². The van der Waals surface area contributed by atoms with Crippen LogP contribution in [0.4, 0.5) is 0 Å². The Balaban J connectivity index is 1.55. The molecule has 0 aliphatic heterocycles. The van der Waals surface area contributed by atoms with Crippen LogP contribution in [0, 0.1) is 6.07 Å². The molecule has 1 N–H and O–H groups in total. The third-order valence-corrected chi connectivity index (χ3v) is 5.20. The van der Waals surface area contributed by atoms with Gasteiger partial charge in [-0.1, -0.05) is 56.5 Å². The average molecular weight is 400 g/mol. The number of ether oxygens (including phenoxy) is 2. The van der Waals surface area contributed by atoms with E-state index in [9.17, 15) is 0 Å². The number of nitrogens with one attached hydrogen (secondary N) is 1. The van der Waals surface area contributed by atoms with Gasteiger partial charge in [-0.3, -0.25) is 0 Å². The molecule has 1 aromatic heterocycles. The second kappa shape index (κ2) is 9.49. The Morgan fingerprint density at radius 2 is 1.83 bits per heavy atom. The average Bonchev–Trinajstić information content (AvgIpc) is 3.23. The van der Waals surface area contributed by atoms with Crippen LogP contribution in [0.15, 0.2) is 60.7 Å². The quantitative estimate of drug-likeness (QED) is 0.320. The van der Waals surface area contributed by atoms with Crippen molar-refractivity contribution in [2.75, 3.05) is 13.7 Å². The number of fused-ring (bicyclic) bond motifs is 1. The maximum absolute atomic E-state index is 5.93. The highest BCUT2D eigenvalue weighted by molar-refractivity contribution is 5.84. The minimum Gasteiger partial charge on any atom is -0.493 e. The van der Waals surface area contributed by atoms with Crippen LogP contribution in [-0.4, -0.2) is 23.7 Å². The number of hydrogen-bond acceptors (Lipinski definition) is 3. The van der Waals surface area contributed by atoms with Crippen LogP contribution < -0.4 is 9.47 Å². The van der Waals surface area contributed by atoms with Crippen LogP contribution in [0.25, 0.3) is 33.5 Å². The monoisotopic (exact) mass is 399 g/mol. The summed E-state index contributed by atoms with van der Waals surface area (Å²) in [4.78, 5) is 8.21. The van der Waals surface area contributed by atoms with Gasteiger partial charge in [-0.15, -0.1) is 0 Å². The Kier molecular flexibility index (Phi) is 6.33. The molecule has 30 heavy (non-hydrogen) atoms. The molecule has 0 spiro atoms. The van der Waals surface area contributed by atoms with Gasteiger partial charge in [0.2, 0.25) is 0 Å². The van der Waals surface area contributed by atoms with Crippen LogP contribution in [0.5, 0.6) is 11.5 Å². The molecular weight excluding hydrogens is 372 g/mol. The van der Waals surface area contributed by atoms with E-state index in [1.54, 1.807) is 7.11 Å². The maximum Gasteiger partial charge on any atom is 0.161 e. The first-order valence-corrected chi connectivity index (χ1v) is 10.6. The van der Waals surface area contributed by atoms with Crippen molar-refractivity contribution in [3.05, 3.63) is 66.7 Å². The predicted octanol–water partition coefficient (Wildman–Crippen LogP) is 6.66. The number of nitrogens with zero attached hydrogens (tertiary/aromatic N) is 1. The summed E-state index contributed by atoms with van der Waals surface area (Å²) in [6.07, 6.45) is 4.72. The van der Waals surface area contributed by atoms with E-state index >= 15 is 0 Å². The summed E-state index contributed by atoms with van der Waals surface area (Å²) in [5, 5.41) is 0. The van der Waals surface area contributed by atoms with Gasteiger partial charge < -0.3 is 14.5 Å². The molecule has 1 radical (unpaired) electrons. The van der Waals surface area contributed by atoms with Gasteiger partial charge in [-0.25, -0.2) is 4.98 Å². The minimum absolute atomic E-state index is 0.708. The number of benzene rings is 3. The lowest BCUT2D eigenvalue weighted by atomic mass is 10.1. The van der Waals surface area contributed by atoms with Crippen molar-refractivity contribution in [1.82, 2.24) is 9.97 Å². The van der Waals surface area contributed by atoms with Gasteiger partial charge >= 0.3 is 0 Å². The van der Waals surface area contributed by atoms with Crippen molar-refractivity contribution in [2.24, 2.45) is 0 Å². The van der Waals surface area contributed by atoms with Gasteiger partial charge in [0.15, 0.2) is 11.5 Å². The molecule has 153 valence electrons. The zero-order chi connectivity index (χ0) is 20.8. The summed E-state index contributed by atoms with van der Waals surface area (Å²) in [6, 6.07) is 23.4. The van der Waals surface area contributed by atoms with E-state index in [0.29, 0.717) is 6.61 Å². The molecule has 4 heteroatoms. The van der Waals surface area contributed by atoms with Crippen molar-refractivity contribution in [3.8, 4) is 34.0 Å². The molecule has 1 heterocycles. The second-order valence-electron chi connectivity index (χ2n) is 7.37. The fourth-order valence-electron chi connectivity index (χ4n) is 3.53. The van der Waals surface area contributed by atoms with Crippen molar-refractivity contribution >= 4 is 11.0 Å². The summed E-state index contributed by atoms with van der Waals surface area (Å²) in [7, 11) is 1.67. The number of rotatable bonds is 9. The Morgan fingerprint density at radius 3 is 2.63 bits per heavy atom. The van der Waals surface area contributed by atoms with E-state index in [2.05, 4.69) is 42.2 Å². The molecule has 0 aliphatic carbocycles. The number of methoxy groups -OCH3 is 1. The highest BCUT2D eigenvalue weighted by Gasteiger charge is 2.11. The summed E-state index contributed by atoms with van der Waals surface area (Å²) in [5.74, 6) is 2.31. The van der Waals surface area contributed by atoms with Crippen LogP contribution >= 0.6 is 0 Å². The van der Waals surface area contributed by atoms with E-state index in [0.717, 1.165) is 51.5 Å². The van der Waals surface area contributed by atoms with Gasteiger partial charge in [0.05, 0.1) is 24.8 Å². The fraction of sp³-hybridized carbons (Fsp3) is 0.269. The third kappa shape index (κ3) is 4.48. The molecule has 4 rings (SSSR count). The first kappa shape index (κ1) is 20.0. The lowest BCUT2D eigenvalue weighted by Gasteiger charge is -2.11. The zero-order valence-corrected chi connectivity index (χ0v) is 17.6. The Labute approximate surface area is 177 Å². The molecule has 0 atom stereocenters. The van der Waals surface area contributed by atoms with Crippen LogP contribution in [-0.2, 0) is 0 Å². The van der Waals surface area contributed by atoms with E-state index in [1.807, 2.05) is 36.4 Å². The normalized spacial score (nSPS) is 11.0. The number of unbranched alkanes of at least 4 members (excludes halogenated alkanes) is 3. The second-order valence-corrected chi connectivity index (χ2v) is 7.37. The van der Waals surface area contributed by atoms with E-state index in [1.165, 1.54) is 19.3 Å². The number of imidazole rings is 1. The molecule has 0 saturated carbocycles. The Morgan fingerprint density at radius 1 is 0.933 bits per heavy atom. The minimum atomic E-state index is 0.708. The highest BCUT2D eigenvalue weighted by atomic mass is 16.5. The lowest BCUT2D eigenvalue weighted by molar-refractivity contribution is 0.285. The number of aromatic amines is 1. The predicted molar refractivity (Wildman–Crippen MR) is 122 cm³/mol. The molecule has 0 saturated heterocycles. The van der Waals surface area contributed by atoms with Gasteiger partial charge in [-0.2, -0.15) is 0 Å². The molecule has 0 bridgehead atoms. The SMILES string of the molecule is CCCCCCOc1ccc(-c2nc3cc(-c4[c]cccc4)ccc3[nH]2)cc1OC. The van der Waals surface area contributed by atoms with Gasteiger partial charge in [0.25, 0.3) is 0 Å². The first-order chi connectivity index (χ1) is 14.8. The highest BCUT2D eigenvalue weighted by Crippen LogP contribution is 2.33. The summed E-state index contributed by atoms with van der Waals surface area (Å²) in [6.45, 7) is 2.92. The van der Waals surface area contributed by atoms with Crippen molar-refractivity contribution in [1.29, 1.82) is 0 Å². The smallest absolute Gasteiger partial charge is 0.161 e. The molecular formula is C26H27N2O2. The summed E-state index contributed by atoms with van der Waals surface area (Å²) in [5.41, 5.74) is 5.06. The molecule has 0 fully saturated rings. The molecule has 0 amide bonds. The Bertz CT molecular complexity index is 1100. The molecule has 3 aromatic carbocycles. The molecule has 4 aromatic rings. The first-order valence-electron chi connectivity index (χ1n) is 10.6. The molecule has 4 nitrogen and oxygen atoms in total. The lowest BCUT2D eigenvalue weighted by Crippen LogP contribution is -1.99. The van der Waals surface area contributed by atoms with E-state index in [-0.39, 0.29) is 0 Å². The standard InChI is InChI=1S/C26H27N2O2/c1-3-4-5-9-16-30-24-15-13-21(18-25(24)29-2)26-27-22-14-12-20(17-23(22)28-26)19-10-7-6-8-11-19/h6-8,10,12-15,17-18H,3-5,9,16H2,1-2H3,(H,27,28). The fourth-order valence-corrected chi connectivity index (χ4v) is 3.53. The number of aromatic nitrogens is 2. The van der Waals surface area contributed by atoms with Crippen LogP contribution in [0.1, 0.15) is 32.6 Å². The van der Waals surface area contributed by atoms with Gasteiger partial charge in [0.1, 0.15) is 5.82 Å². The number of H-pyrrole nitrogens is 1. The maximum atomic E-state index is 5.93. The Hall–Kier alpha value is -3.27. The van der Waals surface area contributed by atoms with Crippen molar-refractivity contribution in [2.45, 2.75) is 32.6 Å². The van der Waals surface area contributed by atoms with Gasteiger partial charge in [-0.05, 0) is 53.9 Å². The molecule has 0 aliphatic rings. The van der Waals surface area contributed by atoms with Crippen molar-refractivity contribution < 1.29 is 9.47 Å². The van der Waals surface area contributed by atoms with Crippen LogP contribution in [0.3, 0.4) is 0 Å². The number of hydrogen-bond donors (Lipinski definition) is 1. The summed E-state index contributed by atoms with van der Waals surface area (Å²) < 4.78 is 11.5. The third-order valence-electron chi connectivity index (χ3n) is 5.20. The largest absolute Gasteiger partial charge is 0.493 e.